The van der Waals surface area contributed by atoms with E-state index < -0.39 is 0 Å². The summed E-state index contributed by atoms with van der Waals surface area (Å²) < 4.78 is 0. The number of hydrogen-bond donors (Lipinski definition) is 1. The highest BCUT2D eigenvalue weighted by atomic mass is 16.2. The lowest BCUT2D eigenvalue weighted by Crippen LogP contribution is -2.34. The van der Waals surface area contributed by atoms with Gasteiger partial charge in [0.05, 0.1) is 0 Å². The van der Waals surface area contributed by atoms with E-state index in [1.165, 1.54) is 0 Å². The molecule has 0 fully saturated rings. The van der Waals surface area contributed by atoms with E-state index in [2.05, 4.69) is 13.8 Å². The Hall–Kier alpha value is -1.35. The molecular formula is C15H24N2O. The van der Waals surface area contributed by atoms with Crippen LogP contribution in [0.15, 0.2) is 24.3 Å². The minimum Gasteiger partial charge on any atom is -0.342 e. The third kappa shape index (κ3) is 4.15. The Kier molecular flexibility index (Phi) is 5.35. The molecule has 0 aliphatic rings. The topological polar surface area (TPSA) is 46.3 Å². The van der Waals surface area contributed by atoms with Crippen molar-refractivity contribution in [2.24, 2.45) is 11.7 Å². The van der Waals surface area contributed by atoms with Crippen molar-refractivity contribution in [1.82, 2.24) is 4.90 Å². The molecule has 2 N–H and O–H groups in total. The number of rotatable bonds is 5. The number of benzene rings is 1. The van der Waals surface area contributed by atoms with Crippen LogP contribution < -0.4 is 5.73 Å². The standard InChI is InChI=1S/C15H24N2O/c1-11(2)14(16)8-9-17(4)15(18)13-7-5-6-12(3)10-13/h5-7,10-11,14H,8-9,16H2,1-4H3/t14-/m0/s1. The molecule has 0 bridgehead atoms. The van der Waals surface area contributed by atoms with Crippen LogP contribution in [0.5, 0.6) is 0 Å². The highest BCUT2D eigenvalue weighted by Crippen LogP contribution is 2.09. The highest BCUT2D eigenvalue weighted by Gasteiger charge is 2.14. The molecule has 1 atom stereocenters. The van der Waals surface area contributed by atoms with Crippen molar-refractivity contribution in [2.45, 2.75) is 33.2 Å². The molecule has 1 aromatic rings. The molecular weight excluding hydrogens is 224 g/mol. The smallest absolute Gasteiger partial charge is 0.253 e. The normalized spacial score (nSPS) is 12.6. The second-order valence-corrected chi connectivity index (χ2v) is 5.29. The van der Waals surface area contributed by atoms with Crippen molar-refractivity contribution in [3.8, 4) is 0 Å². The van der Waals surface area contributed by atoms with Gasteiger partial charge in [-0.2, -0.15) is 0 Å². The van der Waals surface area contributed by atoms with Gasteiger partial charge < -0.3 is 10.6 Å². The second-order valence-electron chi connectivity index (χ2n) is 5.29. The van der Waals surface area contributed by atoms with Crippen LogP contribution in [-0.2, 0) is 0 Å². The lowest BCUT2D eigenvalue weighted by molar-refractivity contribution is 0.0789. The predicted molar refractivity (Wildman–Crippen MR) is 75.6 cm³/mol. The summed E-state index contributed by atoms with van der Waals surface area (Å²) in [6, 6.07) is 7.83. The molecule has 0 spiro atoms. The van der Waals surface area contributed by atoms with E-state index in [-0.39, 0.29) is 11.9 Å². The van der Waals surface area contributed by atoms with Crippen LogP contribution in [0.3, 0.4) is 0 Å². The molecule has 3 nitrogen and oxygen atoms in total. The van der Waals surface area contributed by atoms with Crippen LogP contribution in [0.4, 0.5) is 0 Å². The Morgan fingerprint density at radius 1 is 1.39 bits per heavy atom. The largest absolute Gasteiger partial charge is 0.342 e. The number of amides is 1. The maximum atomic E-state index is 12.2. The van der Waals surface area contributed by atoms with Crippen molar-refractivity contribution >= 4 is 5.91 Å². The van der Waals surface area contributed by atoms with Crippen LogP contribution in [0.1, 0.15) is 36.2 Å². The number of hydrogen-bond acceptors (Lipinski definition) is 2. The fourth-order valence-corrected chi connectivity index (χ4v) is 1.78. The lowest BCUT2D eigenvalue weighted by atomic mass is 10.0. The van der Waals surface area contributed by atoms with Gasteiger partial charge in [0.1, 0.15) is 0 Å². The minimum atomic E-state index is 0.0645. The molecule has 0 saturated carbocycles. The molecule has 1 amide bonds. The monoisotopic (exact) mass is 248 g/mol. The molecule has 0 radical (unpaired) electrons. The fourth-order valence-electron chi connectivity index (χ4n) is 1.78. The average Bonchev–Trinajstić information content (AvgIpc) is 2.34. The minimum absolute atomic E-state index is 0.0645. The highest BCUT2D eigenvalue weighted by molar-refractivity contribution is 5.94. The van der Waals surface area contributed by atoms with Crippen molar-refractivity contribution in [3.05, 3.63) is 35.4 Å². The third-order valence-electron chi connectivity index (χ3n) is 3.27. The zero-order valence-corrected chi connectivity index (χ0v) is 11.8. The Balaban J connectivity index is 2.57. The van der Waals surface area contributed by atoms with Crippen LogP contribution in [0.2, 0.25) is 0 Å². The summed E-state index contributed by atoms with van der Waals surface area (Å²) in [6.07, 6.45) is 0.839. The van der Waals surface area contributed by atoms with Crippen LogP contribution in [0, 0.1) is 12.8 Å². The molecule has 0 aromatic heterocycles. The molecule has 0 saturated heterocycles. The Morgan fingerprint density at radius 3 is 2.61 bits per heavy atom. The molecule has 3 heteroatoms. The first-order valence-electron chi connectivity index (χ1n) is 6.49. The van der Waals surface area contributed by atoms with E-state index in [1.54, 1.807) is 4.90 Å². The number of nitrogens with zero attached hydrogens (tertiary/aromatic N) is 1. The Bertz CT molecular complexity index is 401. The first kappa shape index (κ1) is 14.7. The van der Waals surface area contributed by atoms with Crippen molar-refractivity contribution in [2.75, 3.05) is 13.6 Å². The molecule has 1 aromatic carbocycles. The van der Waals surface area contributed by atoms with Crippen molar-refractivity contribution in [1.29, 1.82) is 0 Å². The fraction of sp³-hybridized carbons (Fsp3) is 0.533. The Labute approximate surface area is 110 Å². The van der Waals surface area contributed by atoms with E-state index in [4.69, 9.17) is 5.73 Å². The van der Waals surface area contributed by atoms with E-state index in [0.717, 1.165) is 17.5 Å². The summed E-state index contributed by atoms with van der Waals surface area (Å²) >= 11 is 0. The molecule has 0 heterocycles. The van der Waals surface area contributed by atoms with Gasteiger partial charge in [0, 0.05) is 25.2 Å². The summed E-state index contributed by atoms with van der Waals surface area (Å²) in [4.78, 5) is 13.9. The number of aryl methyl sites for hydroxylation is 1. The summed E-state index contributed by atoms with van der Waals surface area (Å²) in [6.45, 7) is 6.90. The van der Waals surface area contributed by atoms with Gasteiger partial charge in [-0.25, -0.2) is 0 Å². The van der Waals surface area contributed by atoms with Gasteiger partial charge in [0.25, 0.3) is 5.91 Å². The summed E-state index contributed by atoms with van der Waals surface area (Å²) in [7, 11) is 1.83. The predicted octanol–water partition coefficient (Wildman–Crippen LogP) is 2.44. The van der Waals surface area contributed by atoms with Crippen LogP contribution in [0.25, 0.3) is 0 Å². The first-order chi connectivity index (χ1) is 8.41. The zero-order chi connectivity index (χ0) is 13.7. The van der Waals surface area contributed by atoms with E-state index >= 15 is 0 Å². The Morgan fingerprint density at radius 2 is 2.06 bits per heavy atom. The number of nitrogens with two attached hydrogens (primary N) is 1. The van der Waals surface area contributed by atoms with Gasteiger partial charge in [-0.1, -0.05) is 31.5 Å². The maximum Gasteiger partial charge on any atom is 0.253 e. The van der Waals surface area contributed by atoms with Crippen LogP contribution in [-0.4, -0.2) is 30.4 Å². The summed E-state index contributed by atoms with van der Waals surface area (Å²) in [5.41, 5.74) is 7.84. The van der Waals surface area contributed by atoms with E-state index in [9.17, 15) is 4.79 Å². The van der Waals surface area contributed by atoms with Gasteiger partial charge >= 0.3 is 0 Å². The van der Waals surface area contributed by atoms with Gasteiger partial charge in [-0.05, 0) is 31.4 Å². The molecule has 18 heavy (non-hydrogen) atoms. The van der Waals surface area contributed by atoms with E-state index in [0.29, 0.717) is 12.5 Å². The first-order valence-corrected chi connectivity index (χ1v) is 6.49. The number of carbonyl (C=O) groups excluding carboxylic acids is 1. The van der Waals surface area contributed by atoms with Gasteiger partial charge in [-0.15, -0.1) is 0 Å². The molecule has 100 valence electrons. The quantitative estimate of drug-likeness (QED) is 0.870. The summed E-state index contributed by atoms with van der Waals surface area (Å²) in [5.74, 6) is 0.516. The number of carbonyl (C=O) groups is 1. The van der Waals surface area contributed by atoms with Gasteiger partial charge in [-0.3, -0.25) is 4.79 Å². The zero-order valence-electron chi connectivity index (χ0n) is 11.8. The average molecular weight is 248 g/mol. The maximum absolute atomic E-state index is 12.2. The summed E-state index contributed by atoms with van der Waals surface area (Å²) in [5, 5.41) is 0. The molecule has 1 rings (SSSR count). The third-order valence-corrected chi connectivity index (χ3v) is 3.27. The van der Waals surface area contributed by atoms with Gasteiger partial charge in [0.2, 0.25) is 0 Å². The van der Waals surface area contributed by atoms with Gasteiger partial charge in [0.15, 0.2) is 0 Å². The van der Waals surface area contributed by atoms with E-state index in [1.807, 2.05) is 38.2 Å². The SMILES string of the molecule is Cc1cccc(C(=O)N(C)CC[C@H](N)C(C)C)c1. The molecule has 0 aliphatic carbocycles. The van der Waals surface area contributed by atoms with Crippen molar-refractivity contribution < 1.29 is 4.79 Å². The molecule has 0 aliphatic heterocycles. The van der Waals surface area contributed by atoms with Crippen molar-refractivity contribution in [3.63, 3.8) is 0 Å². The lowest BCUT2D eigenvalue weighted by Gasteiger charge is -2.21. The molecule has 0 unspecified atom stereocenters. The van der Waals surface area contributed by atoms with Crippen LogP contribution >= 0.6 is 0 Å². The second kappa shape index (κ2) is 6.55.